The van der Waals surface area contributed by atoms with Gasteiger partial charge in [0, 0.05) is 23.8 Å². The molecule has 5 nitrogen and oxygen atoms in total. The van der Waals surface area contributed by atoms with E-state index in [9.17, 15) is 17.6 Å². The molecular formula is C20H22ClFN2O3S. The van der Waals surface area contributed by atoms with E-state index in [0.29, 0.717) is 35.7 Å². The second-order valence-corrected chi connectivity index (χ2v) is 9.43. The third-order valence-electron chi connectivity index (χ3n) is 4.86. The van der Waals surface area contributed by atoms with E-state index < -0.39 is 21.8 Å². The Morgan fingerprint density at radius 3 is 2.64 bits per heavy atom. The molecule has 2 aromatic carbocycles. The molecule has 8 heteroatoms. The van der Waals surface area contributed by atoms with E-state index >= 15 is 0 Å². The number of anilines is 1. The summed E-state index contributed by atoms with van der Waals surface area (Å²) >= 11 is 5.94. The van der Waals surface area contributed by atoms with Crippen LogP contribution in [0.25, 0.3) is 0 Å². The van der Waals surface area contributed by atoms with E-state index in [0.717, 1.165) is 5.56 Å². The first-order valence-electron chi connectivity index (χ1n) is 9.04. The molecule has 150 valence electrons. The molecule has 1 heterocycles. The van der Waals surface area contributed by atoms with E-state index in [1.807, 2.05) is 6.92 Å². The fraction of sp³-hybridized carbons (Fsp3) is 0.350. The van der Waals surface area contributed by atoms with Crippen LogP contribution in [0.15, 0.2) is 42.5 Å². The van der Waals surface area contributed by atoms with Crippen LogP contribution in [0.4, 0.5) is 10.1 Å². The van der Waals surface area contributed by atoms with Crippen LogP contribution in [-0.4, -0.2) is 31.7 Å². The fourth-order valence-electron chi connectivity index (χ4n) is 3.29. The number of amides is 1. The van der Waals surface area contributed by atoms with Crippen LogP contribution in [0, 0.1) is 18.7 Å². The number of carbonyl (C=O) groups excluding carboxylic acids is 1. The number of rotatable bonds is 5. The first-order valence-corrected chi connectivity index (χ1v) is 11.0. The molecule has 3 rings (SSSR count). The summed E-state index contributed by atoms with van der Waals surface area (Å²) in [5.41, 5.74) is 2.03. The predicted octanol–water partition coefficient (Wildman–Crippen LogP) is 3.97. The first-order chi connectivity index (χ1) is 13.2. The van der Waals surface area contributed by atoms with Crippen molar-refractivity contribution < 1.29 is 17.6 Å². The van der Waals surface area contributed by atoms with Crippen molar-refractivity contribution in [1.82, 2.24) is 4.31 Å². The Kier molecular flexibility index (Phi) is 6.37. The number of benzene rings is 2. The van der Waals surface area contributed by atoms with Gasteiger partial charge in [0.2, 0.25) is 15.9 Å². The summed E-state index contributed by atoms with van der Waals surface area (Å²) in [7, 11) is -3.59. The molecule has 1 N–H and O–H groups in total. The van der Waals surface area contributed by atoms with Crippen LogP contribution in [0.5, 0.6) is 0 Å². The van der Waals surface area contributed by atoms with Gasteiger partial charge in [0.15, 0.2) is 0 Å². The Morgan fingerprint density at radius 2 is 1.96 bits per heavy atom. The van der Waals surface area contributed by atoms with E-state index in [1.54, 1.807) is 18.2 Å². The molecular weight excluding hydrogens is 403 g/mol. The summed E-state index contributed by atoms with van der Waals surface area (Å²) in [5.74, 6) is -1.25. The number of nitrogens with one attached hydrogen (secondary N) is 1. The van der Waals surface area contributed by atoms with Crippen molar-refractivity contribution in [2.75, 3.05) is 18.4 Å². The quantitative estimate of drug-likeness (QED) is 0.789. The van der Waals surface area contributed by atoms with Gasteiger partial charge in [0.1, 0.15) is 5.82 Å². The van der Waals surface area contributed by atoms with Gasteiger partial charge in [-0.15, -0.1) is 0 Å². The molecule has 0 saturated carbocycles. The Balaban J connectivity index is 1.67. The molecule has 1 atom stereocenters. The summed E-state index contributed by atoms with van der Waals surface area (Å²) in [6, 6.07) is 10.6. The summed E-state index contributed by atoms with van der Waals surface area (Å²) in [6.45, 7) is 2.37. The van der Waals surface area contributed by atoms with Gasteiger partial charge >= 0.3 is 0 Å². The van der Waals surface area contributed by atoms with Gasteiger partial charge in [-0.2, -0.15) is 0 Å². The third-order valence-corrected chi connectivity index (χ3v) is 6.91. The monoisotopic (exact) mass is 424 g/mol. The number of hydrogen-bond donors (Lipinski definition) is 1. The van der Waals surface area contributed by atoms with Crippen LogP contribution in [0.3, 0.4) is 0 Å². The van der Waals surface area contributed by atoms with Gasteiger partial charge < -0.3 is 5.32 Å². The molecule has 0 aromatic heterocycles. The van der Waals surface area contributed by atoms with Crippen LogP contribution in [0.1, 0.15) is 24.0 Å². The molecule has 0 aliphatic carbocycles. The van der Waals surface area contributed by atoms with Crippen LogP contribution < -0.4 is 5.32 Å². The van der Waals surface area contributed by atoms with Crippen LogP contribution in [0.2, 0.25) is 5.02 Å². The molecule has 28 heavy (non-hydrogen) atoms. The van der Waals surface area contributed by atoms with Crippen molar-refractivity contribution in [1.29, 1.82) is 0 Å². The van der Waals surface area contributed by atoms with E-state index in [4.69, 9.17) is 11.6 Å². The molecule has 1 unspecified atom stereocenters. The minimum absolute atomic E-state index is 0.141. The number of nitrogens with zero attached hydrogens (tertiary/aromatic N) is 1. The Labute approximate surface area is 169 Å². The number of halogens is 2. The molecule has 1 aliphatic heterocycles. The zero-order chi connectivity index (χ0) is 20.3. The highest BCUT2D eigenvalue weighted by atomic mass is 35.5. The number of aryl methyl sites for hydroxylation is 1. The van der Waals surface area contributed by atoms with Crippen LogP contribution in [-0.2, 0) is 20.6 Å². The maximum absolute atomic E-state index is 13.0. The Bertz CT molecular complexity index is 964. The van der Waals surface area contributed by atoms with Crippen molar-refractivity contribution in [2.24, 2.45) is 5.92 Å². The number of carbonyl (C=O) groups is 1. The molecule has 1 amide bonds. The maximum atomic E-state index is 13.0. The highest BCUT2D eigenvalue weighted by Gasteiger charge is 2.32. The maximum Gasteiger partial charge on any atom is 0.228 e. The Morgan fingerprint density at radius 1 is 1.25 bits per heavy atom. The number of sulfonamides is 1. The average molecular weight is 425 g/mol. The van der Waals surface area contributed by atoms with Gasteiger partial charge in [-0.05, 0) is 61.2 Å². The van der Waals surface area contributed by atoms with Crippen molar-refractivity contribution in [3.63, 3.8) is 0 Å². The lowest BCUT2D eigenvalue weighted by Crippen LogP contribution is -2.44. The molecule has 1 saturated heterocycles. The lowest BCUT2D eigenvalue weighted by Gasteiger charge is -2.31. The number of piperidine rings is 1. The molecule has 1 aliphatic rings. The summed E-state index contributed by atoms with van der Waals surface area (Å²) in [5, 5.41) is 3.46. The van der Waals surface area contributed by atoms with E-state index in [-0.39, 0.29) is 18.2 Å². The van der Waals surface area contributed by atoms with E-state index in [2.05, 4.69) is 5.32 Å². The largest absolute Gasteiger partial charge is 0.326 e. The second kappa shape index (κ2) is 8.59. The van der Waals surface area contributed by atoms with Gasteiger partial charge in [0.25, 0.3) is 0 Å². The first kappa shape index (κ1) is 20.8. The molecule has 0 bridgehead atoms. The fourth-order valence-corrected chi connectivity index (χ4v) is 5.13. The topological polar surface area (TPSA) is 66.5 Å². The highest BCUT2D eigenvalue weighted by molar-refractivity contribution is 7.88. The summed E-state index contributed by atoms with van der Waals surface area (Å²) < 4.78 is 39.9. The predicted molar refractivity (Wildman–Crippen MR) is 108 cm³/mol. The standard InChI is InChI=1S/C20H22ClFN2O3S/c1-14-11-17(21)6-9-19(14)23-20(25)16-3-2-10-24(12-16)28(26,27)13-15-4-7-18(22)8-5-15/h4-9,11,16H,2-3,10,12-13H2,1H3,(H,23,25). The normalized spacial score (nSPS) is 18.0. The van der Waals surface area contributed by atoms with Crippen molar-refractivity contribution >= 4 is 33.2 Å². The highest BCUT2D eigenvalue weighted by Crippen LogP contribution is 2.25. The third kappa shape index (κ3) is 5.10. The van der Waals surface area contributed by atoms with E-state index in [1.165, 1.54) is 28.6 Å². The molecule has 0 radical (unpaired) electrons. The second-order valence-electron chi connectivity index (χ2n) is 7.03. The van der Waals surface area contributed by atoms with Gasteiger partial charge in [-0.1, -0.05) is 23.7 Å². The van der Waals surface area contributed by atoms with Gasteiger partial charge in [-0.3, -0.25) is 4.79 Å². The lowest BCUT2D eigenvalue weighted by atomic mass is 9.98. The summed E-state index contributed by atoms with van der Waals surface area (Å²) in [4.78, 5) is 12.7. The van der Waals surface area contributed by atoms with Gasteiger partial charge in [-0.25, -0.2) is 17.1 Å². The molecule has 0 spiro atoms. The number of hydrogen-bond acceptors (Lipinski definition) is 3. The smallest absolute Gasteiger partial charge is 0.228 e. The van der Waals surface area contributed by atoms with Gasteiger partial charge in [0.05, 0.1) is 11.7 Å². The minimum Gasteiger partial charge on any atom is -0.326 e. The minimum atomic E-state index is -3.59. The van der Waals surface area contributed by atoms with Crippen LogP contribution >= 0.6 is 11.6 Å². The molecule has 2 aromatic rings. The zero-order valence-corrected chi connectivity index (χ0v) is 17.1. The summed E-state index contributed by atoms with van der Waals surface area (Å²) in [6.07, 6.45) is 1.24. The van der Waals surface area contributed by atoms with Crippen molar-refractivity contribution in [3.05, 3.63) is 64.4 Å². The lowest BCUT2D eigenvalue weighted by molar-refractivity contribution is -0.120. The average Bonchev–Trinajstić information content (AvgIpc) is 2.66. The zero-order valence-electron chi connectivity index (χ0n) is 15.5. The van der Waals surface area contributed by atoms with Crippen molar-refractivity contribution in [2.45, 2.75) is 25.5 Å². The molecule has 1 fully saturated rings. The SMILES string of the molecule is Cc1cc(Cl)ccc1NC(=O)C1CCCN(S(=O)(=O)Cc2ccc(F)cc2)C1. The Hall–Kier alpha value is -1.96. The van der Waals surface area contributed by atoms with Crippen molar-refractivity contribution in [3.8, 4) is 0 Å².